The third-order valence-corrected chi connectivity index (χ3v) is 5.95. The Morgan fingerprint density at radius 3 is 2.34 bits per heavy atom. The number of hydrazone groups is 1. The van der Waals surface area contributed by atoms with Crippen LogP contribution in [-0.2, 0) is 16.8 Å². The summed E-state index contributed by atoms with van der Waals surface area (Å²) in [6, 6.07) is 14.3. The van der Waals surface area contributed by atoms with Crippen LogP contribution in [0, 0.1) is 5.82 Å². The molecular weight excluding hydrogens is 425 g/mol. The molecular formula is C24H28FN5OS. The first-order chi connectivity index (χ1) is 15.2. The number of nitrogens with zero attached hydrogens (tertiary/aromatic N) is 4. The second-order valence-electron chi connectivity index (χ2n) is 8.41. The zero-order valence-electron chi connectivity index (χ0n) is 19.0. The first kappa shape index (κ1) is 23.7. The fourth-order valence-electron chi connectivity index (χ4n) is 3.08. The van der Waals surface area contributed by atoms with E-state index in [1.807, 2.05) is 11.5 Å². The fourth-order valence-corrected chi connectivity index (χ4v) is 3.87. The Kier molecular flexibility index (Phi) is 7.45. The molecule has 0 unspecified atom stereocenters. The van der Waals surface area contributed by atoms with Crippen molar-refractivity contribution >= 4 is 23.4 Å². The lowest BCUT2D eigenvalue weighted by atomic mass is 9.87. The summed E-state index contributed by atoms with van der Waals surface area (Å²) >= 11 is 1.31. The summed E-state index contributed by atoms with van der Waals surface area (Å²) < 4.78 is 15.0. The fraction of sp³-hybridized carbons (Fsp3) is 0.333. The van der Waals surface area contributed by atoms with Gasteiger partial charge in [-0.25, -0.2) is 9.82 Å². The van der Waals surface area contributed by atoms with E-state index in [9.17, 15) is 9.18 Å². The minimum atomic E-state index is -0.313. The van der Waals surface area contributed by atoms with Gasteiger partial charge in [0.15, 0.2) is 11.0 Å². The quantitative estimate of drug-likeness (QED) is 0.309. The van der Waals surface area contributed by atoms with E-state index in [1.54, 1.807) is 19.1 Å². The lowest BCUT2D eigenvalue weighted by Gasteiger charge is -2.19. The molecule has 168 valence electrons. The number of carbonyl (C=O) groups is 1. The van der Waals surface area contributed by atoms with Crippen LogP contribution in [0.15, 0.2) is 58.8 Å². The van der Waals surface area contributed by atoms with Gasteiger partial charge in [-0.1, -0.05) is 68.9 Å². The van der Waals surface area contributed by atoms with Gasteiger partial charge in [-0.3, -0.25) is 4.79 Å². The van der Waals surface area contributed by atoms with Gasteiger partial charge in [0, 0.05) is 12.1 Å². The summed E-state index contributed by atoms with van der Waals surface area (Å²) in [5, 5.41) is 13.4. The van der Waals surface area contributed by atoms with E-state index in [0.717, 1.165) is 17.0 Å². The summed E-state index contributed by atoms with van der Waals surface area (Å²) in [4.78, 5) is 12.3. The predicted molar refractivity (Wildman–Crippen MR) is 127 cm³/mol. The number of halogens is 1. The molecule has 2 aromatic carbocycles. The summed E-state index contributed by atoms with van der Waals surface area (Å²) in [5.41, 5.74) is 6.21. The van der Waals surface area contributed by atoms with Crippen LogP contribution in [0.2, 0.25) is 0 Å². The van der Waals surface area contributed by atoms with Gasteiger partial charge in [-0.2, -0.15) is 5.10 Å². The number of carbonyl (C=O) groups excluding carboxylic acids is 1. The Labute approximate surface area is 192 Å². The van der Waals surface area contributed by atoms with Crippen molar-refractivity contribution in [1.82, 2.24) is 20.2 Å². The van der Waals surface area contributed by atoms with Crippen molar-refractivity contribution in [3.63, 3.8) is 0 Å². The summed E-state index contributed by atoms with van der Waals surface area (Å²) in [6.07, 6.45) is 0. The van der Waals surface area contributed by atoms with Gasteiger partial charge in [-0.15, -0.1) is 10.2 Å². The summed E-state index contributed by atoms with van der Waals surface area (Å²) in [6.45, 7) is 11.0. The molecule has 1 amide bonds. The first-order valence-electron chi connectivity index (χ1n) is 10.4. The van der Waals surface area contributed by atoms with E-state index in [4.69, 9.17) is 0 Å². The molecule has 0 radical (unpaired) electrons. The molecule has 1 aromatic heterocycles. The number of benzene rings is 2. The number of rotatable bonds is 7. The number of aromatic nitrogens is 3. The lowest BCUT2D eigenvalue weighted by Crippen LogP contribution is -2.21. The second-order valence-corrected chi connectivity index (χ2v) is 9.35. The Balaban J connectivity index is 1.64. The normalized spacial score (nSPS) is 12.1. The first-order valence-corrected chi connectivity index (χ1v) is 11.4. The monoisotopic (exact) mass is 453 g/mol. The molecule has 0 saturated carbocycles. The van der Waals surface area contributed by atoms with Crippen LogP contribution in [-0.4, -0.2) is 32.1 Å². The third-order valence-electron chi connectivity index (χ3n) is 4.98. The molecule has 32 heavy (non-hydrogen) atoms. The average Bonchev–Trinajstić information content (AvgIpc) is 3.19. The van der Waals surface area contributed by atoms with Gasteiger partial charge in [0.05, 0.1) is 11.5 Å². The molecule has 3 rings (SSSR count). The zero-order valence-corrected chi connectivity index (χ0v) is 19.8. The smallest absolute Gasteiger partial charge is 0.250 e. The van der Waals surface area contributed by atoms with Gasteiger partial charge in [0.2, 0.25) is 0 Å². The molecule has 6 nitrogen and oxygen atoms in total. The van der Waals surface area contributed by atoms with Crippen LogP contribution in [0.25, 0.3) is 11.4 Å². The van der Waals surface area contributed by atoms with Crippen molar-refractivity contribution in [2.75, 3.05) is 5.75 Å². The molecule has 1 N–H and O–H groups in total. The van der Waals surface area contributed by atoms with Gasteiger partial charge < -0.3 is 4.57 Å². The number of nitrogens with one attached hydrogen (secondary N) is 1. The molecule has 0 saturated heterocycles. The predicted octanol–water partition coefficient (Wildman–Crippen LogP) is 5.03. The summed E-state index contributed by atoms with van der Waals surface area (Å²) in [5.74, 6) is 0.368. The van der Waals surface area contributed by atoms with Crippen molar-refractivity contribution in [3.05, 3.63) is 65.5 Å². The van der Waals surface area contributed by atoms with Gasteiger partial charge in [0.1, 0.15) is 5.82 Å². The molecule has 0 spiro atoms. The highest BCUT2D eigenvalue weighted by Gasteiger charge is 2.17. The van der Waals surface area contributed by atoms with Crippen LogP contribution >= 0.6 is 11.8 Å². The minimum absolute atomic E-state index is 0.0862. The molecule has 0 aliphatic rings. The molecule has 8 heteroatoms. The van der Waals surface area contributed by atoms with Crippen molar-refractivity contribution in [3.8, 4) is 11.4 Å². The Morgan fingerprint density at radius 1 is 1.09 bits per heavy atom. The van der Waals surface area contributed by atoms with Crippen LogP contribution in [0.4, 0.5) is 4.39 Å². The SMILES string of the molecule is CCn1c(SCC(=O)N/N=C(\C)c2ccc(F)cc2)nnc1-c1ccc(C(C)(C)C)cc1. The molecule has 0 aliphatic heterocycles. The minimum Gasteiger partial charge on any atom is -0.302 e. The molecule has 0 aliphatic carbocycles. The standard InChI is InChI=1S/C24H28FN5OS/c1-6-30-22(18-7-11-19(12-8-18)24(3,4)5)28-29-23(30)32-15-21(31)27-26-16(2)17-9-13-20(25)14-10-17/h7-14H,6,15H2,1-5H3,(H,27,31)/b26-16+. The average molecular weight is 454 g/mol. The lowest BCUT2D eigenvalue weighted by molar-refractivity contribution is -0.118. The van der Waals surface area contributed by atoms with E-state index in [1.165, 1.54) is 29.5 Å². The number of amides is 1. The van der Waals surface area contributed by atoms with Crippen molar-refractivity contribution in [2.24, 2.45) is 5.10 Å². The van der Waals surface area contributed by atoms with Crippen molar-refractivity contribution in [2.45, 2.75) is 51.7 Å². The highest BCUT2D eigenvalue weighted by atomic mass is 32.2. The molecule has 0 atom stereocenters. The topological polar surface area (TPSA) is 72.2 Å². The third kappa shape index (κ3) is 5.82. The van der Waals surface area contributed by atoms with E-state index in [0.29, 0.717) is 17.4 Å². The zero-order chi connectivity index (χ0) is 23.3. The van der Waals surface area contributed by atoms with Crippen molar-refractivity contribution in [1.29, 1.82) is 0 Å². The second kappa shape index (κ2) is 10.1. The van der Waals surface area contributed by atoms with Gasteiger partial charge in [0.25, 0.3) is 5.91 Å². The highest BCUT2D eigenvalue weighted by molar-refractivity contribution is 7.99. The highest BCUT2D eigenvalue weighted by Crippen LogP contribution is 2.27. The van der Waals surface area contributed by atoms with E-state index < -0.39 is 0 Å². The number of hydrogen-bond acceptors (Lipinski definition) is 5. The van der Waals surface area contributed by atoms with Crippen molar-refractivity contribution < 1.29 is 9.18 Å². The molecule has 0 bridgehead atoms. The maximum atomic E-state index is 13.0. The maximum Gasteiger partial charge on any atom is 0.250 e. The number of thioether (sulfide) groups is 1. The van der Waals surface area contributed by atoms with Crippen LogP contribution < -0.4 is 5.43 Å². The van der Waals surface area contributed by atoms with E-state index in [-0.39, 0.29) is 22.9 Å². The Hall–Kier alpha value is -3.00. The van der Waals surface area contributed by atoms with Crippen LogP contribution in [0.1, 0.15) is 45.7 Å². The van der Waals surface area contributed by atoms with E-state index >= 15 is 0 Å². The Morgan fingerprint density at radius 2 is 1.75 bits per heavy atom. The maximum absolute atomic E-state index is 13.0. The molecule has 1 heterocycles. The van der Waals surface area contributed by atoms with Crippen LogP contribution in [0.3, 0.4) is 0 Å². The summed E-state index contributed by atoms with van der Waals surface area (Å²) in [7, 11) is 0. The van der Waals surface area contributed by atoms with Gasteiger partial charge >= 0.3 is 0 Å². The molecule has 3 aromatic rings. The van der Waals surface area contributed by atoms with Crippen LogP contribution in [0.5, 0.6) is 0 Å². The number of hydrogen-bond donors (Lipinski definition) is 1. The van der Waals surface area contributed by atoms with E-state index in [2.05, 4.69) is 65.8 Å². The molecule has 0 fully saturated rings. The largest absolute Gasteiger partial charge is 0.302 e. The van der Waals surface area contributed by atoms with Gasteiger partial charge in [-0.05, 0) is 42.5 Å². The Bertz CT molecular complexity index is 1100.